The summed E-state index contributed by atoms with van der Waals surface area (Å²) in [4.78, 5) is 17.9. The summed E-state index contributed by atoms with van der Waals surface area (Å²) < 4.78 is 7.46. The second-order valence-electron chi connectivity index (χ2n) is 9.71. The summed E-state index contributed by atoms with van der Waals surface area (Å²) in [7, 11) is 0. The zero-order valence-electron chi connectivity index (χ0n) is 19.6. The van der Waals surface area contributed by atoms with Crippen LogP contribution < -0.4 is 0 Å². The molecule has 3 aliphatic rings. The zero-order valence-corrected chi connectivity index (χ0v) is 19.6. The highest BCUT2D eigenvalue weighted by atomic mass is 16.5. The highest BCUT2D eigenvalue weighted by Crippen LogP contribution is 2.31. The number of carbonyl (C=O) groups excluding carboxylic acids is 1. The minimum absolute atomic E-state index is 0.0691. The van der Waals surface area contributed by atoms with Gasteiger partial charge in [0.25, 0.3) is 5.91 Å². The highest BCUT2D eigenvalue weighted by molar-refractivity contribution is 5.94. The number of morpholine rings is 1. The van der Waals surface area contributed by atoms with Crippen molar-refractivity contribution in [3.8, 4) is 0 Å². The molecule has 0 radical (unpaired) electrons. The lowest BCUT2D eigenvalue weighted by atomic mass is 9.86. The monoisotopic (exact) mass is 448 g/mol. The molecule has 1 unspecified atom stereocenters. The number of hydrogen-bond donors (Lipinski definition) is 0. The lowest BCUT2D eigenvalue weighted by Gasteiger charge is -2.39. The second kappa shape index (κ2) is 10.2. The third-order valence-corrected chi connectivity index (χ3v) is 7.66. The second-order valence-corrected chi connectivity index (χ2v) is 9.71. The van der Waals surface area contributed by atoms with Gasteiger partial charge in [-0.05, 0) is 63.1 Å². The van der Waals surface area contributed by atoms with E-state index in [0.717, 1.165) is 38.3 Å². The topological polar surface area (TPSA) is 50.6 Å². The Labute approximate surface area is 197 Å². The Morgan fingerprint density at radius 2 is 1.85 bits per heavy atom. The maximum Gasteiger partial charge on any atom is 0.274 e. The molecule has 3 heterocycles. The molecule has 2 aromatic rings. The lowest BCUT2D eigenvalue weighted by Crippen LogP contribution is -2.45. The Balaban J connectivity index is 1.27. The Morgan fingerprint density at radius 3 is 2.58 bits per heavy atom. The van der Waals surface area contributed by atoms with Gasteiger partial charge in [-0.2, -0.15) is 5.10 Å². The first-order valence-electron chi connectivity index (χ1n) is 12.6. The van der Waals surface area contributed by atoms with Gasteiger partial charge >= 0.3 is 0 Å². The fourth-order valence-corrected chi connectivity index (χ4v) is 5.81. The first kappa shape index (κ1) is 22.4. The molecule has 2 saturated heterocycles. The van der Waals surface area contributed by atoms with Gasteiger partial charge in [0.2, 0.25) is 0 Å². The number of amides is 1. The van der Waals surface area contributed by atoms with E-state index in [2.05, 4.69) is 41.8 Å². The van der Waals surface area contributed by atoms with Crippen molar-refractivity contribution < 1.29 is 9.53 Å². The summed E-state index contributed by atoms with van der Waals surface area (Å²) in [5.41, 5.74) is 4.54. The molecule has 1 aromatic heterocycles. The molecule has 2 aliphatic heterocycles. The van der Waals surface area contributed by atoms with Crippen LogP contribution in [0.15, 0.2) is 43.0 Å². The smallest absolute Gasteiger partial charge is 0.274 e. The van der Waals surface area contributed by atoms with Gasteiger partial charge in [-0.1, -0.05) is 36.4 Å². The van der Waals surface area contributed by atoms with E-state index < -0.39 is 0 Å². The third kappa shape index (κ3) is 4.92. The van der Waals surface area contributed by atoms with Crippen molar-refractivity contribution in [3.63, 3.8) is 0 Å². The first-order valence-corrected chi connectivity index (χ1v) is 12.6. The number of fused-ring (bicyclic) bond motifs is 1. The van der Waals surface area contributed by atoms with Crippen molar-refractivity contribution >= 4 is 5.91 Å². The number of nitrogens with zero attached hydrogens (tertiary/aromatic N) is 4. The number of ether oxygens (including phenoxy) is 1. The maximum atomic E-state index is 13.3. The summed E-state index contributed by atoms with van der Waals surface area (Å²) >= 11 is 0. The Kier molecular flexibility index (Phi) is 6.93. The molecule has 1 aromatic carbocycles. The van der Waals surface area contributed by atoms with Crippen molar-refractivity contribution in [1.82, 2.24) is 19.6 Å². The van der Waals surface area contributed by atoms with Crippen molar-refractivity contribution in [2.24, 2.45) is 5.92 Å². The Hall–Kier alpha value is -2.44. The predicted octanol–water partition coefficient (Wildman–Crippen LogP) is 3.35. The molecule has 1 atom stereocenters. The van der Waals surface area contributed by atoms with E-state index in [1.54, 1.807) is 0 Å². The molecular weight excluding hydrogens is 412 g/mol. The normalized spacial score (nSPS) is 22.2. The van der Waals surface area contributed by atoms with Gasteiger partial charge in [-0.25, -0.2) is 0 Å². The van der Waals surface area contributed by atoms with Gasteiger partial charge in [-0.15, -0.1) is 6.58 Å². The minimum atomic E-state index is 0.0691. The molecule has 6 nitrogen and oxygen atoms in total. The van der Waals surface area contributed by atoms with Crippen LogP contribution in [0.2, 0.25) is 0 Å². The van der Waals surface area contributed by atoms with Crippen LogP contribution in [0.1, 0.15) is 46.6 Å². The van der Waals surface area contributed by atoms with Crippen LogP contribution in [-0.4, -0.2) is 70.9 Å². The van der Waals surface area contributed by atoms with Crippen LogP contribution in [0.3, 0.4) is 0 Å². The van der Waals surface area contributed by atoms with E-state index in [1.165, 1.54) is 36.1 Å². The summed E-state index contributed by atoms with van der Waals surface area (Å²) in [6.45, 7) is 9.40. The van der Waals surface area contributed by atoms with Crippen LogP contribution in [0.5, 0.6) is 0 Å². The number of rotatable bonds is 6. The molecule has 2 fully saturated rings. The molecule has 1 amide bonds. The van der Waals surface area contributed by atoms with Gasteiger partial charge < -0.3 is 14.5 Å². The van der Waals surface area contributed by atoms with Crippen molar-refractivity contribution in [2.75, 3.05) is 39.4 Å². The summed E-state index contributed by atoms with van der Waals surface area (Å²) in [5.74, 6) is 0.844. The third-order valence-electron chi connectivity index (χ3n) is 7.66. The molecule has 1 aliphatic carbocycles. The van der Waals surface area contributed by atoms with Gasteiger partial charge in [0, 0.05) is 30.4 Å². The Bertz CT molecular complexity index is 956. The van der Waals surface area contributed by atoms with Crippen molar-refractivity contribution in [1.29, 1.82) is 0 Å². The van der Waals surface area contributed by atoms with Gasteiger partial charge in [-0.3, -0.25) is 9.48 Å². The molecule has 5 rings (SSSR count). The van der Waals surface area contributed by atoms with E-state index in [0.29, 0.717) is 44.6 Å². The van der Waals surface area contributed by atoms with Crippen LogP contribution in [0.4, 0.5) is 0 Å². The van der Waals surface area contributed by atoms with Crippen molar-refractivity contribution in [3.05, 3.63) is 65.5 Å². The number of aromatic nitrogens is 2. The van der Waals surface area contributed by atoms with E-state index in [-0.39, 0.29) is 5.91 Å². The molecule has 176 valence electrons. The quantitative estimate of drug-likeness (QED) is 0.636. The average Bonchev–Trinajstić information content (AvgIpc) is 3.23. The molecule has 0 N–H and O–H groups in total. The van der Waals surface area contributed by atoms with Gasteiger partial charge in [0.15, 0.2) is 5.69 Å². The van der Waals surface area contributed by atoms with E-state index in [4.69, 9.17) is 9.84 Å². The summed E-state index contributed by atoms with van der Waals surface area (Å²) in [6, 6.07) is 11.4. The summed E-state index contributed by atoms with van der Waals surface area (Å²) in [6.07, 6.45) is 8.64. The number of benzene rings is 1. The zero-order chi connectivity index (χ0) is 22.6. The highest BCUT2D eigenvalue weighted by Gasteiger charge is 2.34. The maximum absolute atomic E-state index is 13.3. The van der Waals surface area contributed by atoms with Gasteiger partial charge in [0.05, 0.1) is 19.8 Å². The molecule has 0 spiro atoms. The largest absolute Gasteiger partial charge is 0.378 e. The van der Waals surface area contributed by atoms with Gasteiger partial charge in [0.1, 0.15) is 0 Å². The average molecular weight is 449 g/mol. The number of hydrogen-bond acceptors (Lipinski definition) is 4. The fraction of sp³-hybridized carbons (Fsp3) is 0.556. The number of likely N-dealkylation sites (tertiary alicyclic amines) is 1. The summed E-state index contributed by atoms with van der Waals surface area (Å²) in [5, 5.41) is 4.79. The molecule has 0 bridgehead atoms. The van der Waals surface area contributed by atoms with Crippen molar-refractivity contribution in [2.45, 2.75) is 51.1 Å². The molecule has 0 saturated carbocycles. The Morgan fingerprint density at radius 1 is 1.09 bits per heavy atom. The lowest BCUT2D eigenvalue weighted by molar-refractivity contribution is 0.0297. The predicted molar refractivity (Wildman–Crippen MR) is 129 cm³/mol. The van der Waals surface area contributed by atoms with E-state index >= 15 is 0 Å². The van der Waals surface area contributed by atoms with Crippen LogP contribution in [0.25, 0.3) is 0 Å². The molecular formula is C27H36N4O2. The fourth-order valence-electron chi connectivity index (χ4n) is 5.81. The number of allylic oxidation sites excluding steroid dienone is 1. The number of piperidine rings is 1. The SMILES string of the molecule is C=CCn1nc(C(=O)N2CCOCC2)c2c1CCC(N1CCC(Cc3ccccc3)CC1)C2. The standard InChI is InChI=1S/C27H36N4O2/c1-2-12-31-25-9-8-23(20-24(25)26(28-31)27(32)30-15-17-33-18-16-30)29-13-10-22(11-14-29)19-21-6-4-3-5-7-21/h2-7,22-23H,1,8-20H2. The minimum Gasteiger partial charge on any atom is -0.378 e. The van der Waals surface area contributed by atoms with E-state index in [9.17, 15) is 4.79 Å². The van der Waals surface area contributed by atoms with E-state index in [1.807, 2.05) is 15.7 Å². The van der Waals surface area contributed by atoms with Crippen LogP contribution in [-0.2, 0) is 30.5 Å². The molecule has 6 heteroatoms. The first-order chi connectivity index (χ1) is 16.2. The molecule has 33 heavy (non-hydrogen) atoms. The van der Waals surface area contributed by atoms with Crippen LogP contribution >= 0.6 is 0 Å². The van der Waals surface area contributed by atoms with Crippen LogP contribution in [0, 0.1) is 5.92 Å². The number of carbonyl (C=O) groups is 1.